The van der Waals surface area contributed by atoms with Gasteiger partial charge in [-0.2, -0.15) is 0 Å². The summed E-state index contributed by atoms with van der Waals surface area (Å²) in [4.78, 5) is 4.39. The van der Waals surface area contributed by atoms with Crippen LogP contribution in [-0.2, 0) is 12.4 Å². The van der Waals surface area contributed by atoms with Gasteiger partial charge in [-0.05, 0) is 22.0 Å². The summed E-state index contributed by atoms with van der Waals surface area (Å²) in [6, 6.07) is 4.82. The molecule has 3 aromatic rings. The number of benzene rings is 1. The van der Waals surface area contributed by atoms with Gasteiger partial charge >= 0.3 is 0 Å². The van der Waals surface area contributed by atoms with E-state index in [-0.39, 0.29) is 11.7 Å². The highest BCUT2D eigenvalue weighted by atomic mass is 79.9. The lowest BCUT2D eigenvalue weighted by molar-refractivity contribution is 0.409. The van der Waals surface area contributed by atoms with Crippen molar-refractivity contribution >= 4 is 38.6 Å². The van der Waals surface area contributed by atoms with E-state index in [2.05, 4.69) is 26.1 Å². The number of hydrogen-bond acceptors (Lipinski definition) is 3. The Balaban J connectivity index is 2.17. The van der Waals surface area contributed by atoms with Crippen LogP contribution in [0.15, 0.2) is 33.5 Å². The number of rotatable bonds is 3. The molecule has 19 heavy (non-hydrogen) atoms. The molecule has 0 aliphatic heterocycles. The minimum absolute atomic E-state index is 0.242. The molecule has 0 aliphatic carbocycles. The van der Waals surface area contributed by atoms with Crippen LogP contribution in [0.25, 0.3) is 11.0 Å². The van der Waals surface area contributed by atoms with Gasteiger partial charge in [0.2, 0.25) is 0 Å². The molecular formula is C12H8BrClFN3O. The molecule has 0 saturated carbocycles. The van der Waals surface area contributed by atoms with Crippen LogP contribution in [0.5, 0.6) is 0 Å². The largest absolute Gasteiger partial charge is 0.364 e. The molecule has 0 radical (unpaired) electrons. The first kappa shape index (κ1) is 12.6. The molecule has 0 spiro atoms. The number of halogens is 3. The first-order valence-corrected chi connectivity index (χ1v) is 6.81. The van der Waals surface area contributed by atoms with Gasteiger partial charge < -0.3 is 9.09 Å². The fourth-order valence-corrected chi connectivity index (χ4v) is 2.46. The van der Waals surface area contributed by atoms with Crippen molar-refractivity contribution in [1.82, 2.24) is 14.7 Å². The van der Waals surface area contributed by atoms with Crippen molar-refractivity contribution < 1.29 is 8.91 Å². The summed E-state index contributed by atoms with van der Waals surface area (Å²) in [5, 5.41) is 3.84. The Morgan fingerprint density at radius 3 is 2.95 bits per heavy atom. The molecule has 0 aliphatic rings. The molecule has 0 fully saturated rings. The smallest absolute Gasteiger partial charge is 0.139 e. The van der Waals surface area contributed by atoms with Crippen molar-refractivity contribution in [1.29, 1.82) is 0 Å². The second kappa shape index (κ2) is 4.94. The summed E-state index contributed by atoms with van der Waals surface area (Å²) in [7, 11) is 0. The molecule has 98 valence electrons. The van der Waals surface area contributed by atoms with Crippen molar-refractivity contribution in [2.45, 2.75) is 12.4 Å². The maximum absolute atomic E-state index is 13.7. The summed E-state index contributed by atoms with van der Waals surface area (Å²) < 4.78 is 20.7. The lowest BCUT2D eigenvalue weighted by Crippen LogP contribution is -2.04. The van der Waals surface area contributed by atoms with Gasteiger partial charge in [-0.1, -0.05) is 5.16 Å². The SMILES string of the molecule is Fc1cc2c(cc1Br)nc(CCl)n2Cc1ccon1. The standard InChI is InChI=1S/C12H8BrClFN3O/c13-8-3-10-11(4-9(8)15)18(12(5-14)16-10)6-7-1-2-19-17-7/h1-4H,5-6H2. The lowest BCUT2D eigenvalue weighted by atomic mass is 10.3. The Labute approximate surface area is 121 Å². The number of alkyl halides is 1. The Morgan fingerprint density at radius 1 is 1.42 bits per heavy atom. The van der Waals surface area contributed by atoms with E-state index >= 15 is 0 Å². The molecule has 0 bridgehead atoms. The predicted molar refractivity (Wildman–Crippen MR) is 72.6 cm³/mol. The molecule has 0 unspecified atom stereocenters. The molecular weight excluding hydrogens is 337 g/mol. The molecule has 2 heterocycles. The van der Waals surface area contributed by atoms with Crippen LogP contribution in [0, 0.1) is 5.82 Å². The van der Waals surface area contributed by atoms with Gasteiger partial charge in [-0.3, -0.25) is 0 Å². The van der Waals surface area contributed by atoms with Crippen LogP contribution in [0.4, 0.5) is 4.39 Å². The summed E-state index contributed by atoms with van der Waals surface area (Å²) in [6.07, 6.45) is 1.49. The van der Waals surface area contributed by atoms with Crippen LogP contribution < -0.4 is 0 Å². The van der Waals surface area contributed by atoms with Crippen molar-refractivity contribution in [3.05, 3.63) is 46.3 Å². The van der Waals surface area contributed by atoms with Crippen LogP contribution in [-0.4, -0.2) is 14.7 Å². The Morgan fingerprint density at radius 2 is 2.26 bits per heavy atom. The maximum atomic E-state index is 13.7. The fourth-order valence-electron chi connectivity index (χ4n) is 1.93. The third-order valence-electron chi connectivity index (χ3n) is 2.80. The first-order valence-electron chi connectivity index (χ1n) is 5.48. The minimum atomic E-state index is -0.338. The fraction of sp³-hybridized carbons (Fsp3) is 0.167. The third-order valence-corrected chi connectivity index (χ3v) is 3.65. The van der Waals surface area contributed by atoms with Crippen molar-refractivity contribution in [2.75, 3.05) is 0 Å². The summed E-state index contributed by atoms with van der Waals surface area (Å²) in [5.74, 6) is 0.568. The molecule has 0 amide bonds. The van der Waals surface area contributed by atoms with Gasteiger partial charge in [0.1, 0.15) is 23.6 Å². The van der Waals surface area contributed by atoms with Gasteiger partial charge in [0, 0.05) is 12.1 Å². The van der Waals surface area contributed by atoms with Crippen molar-refractivity contribution in [3.8, 4) is 0 Å². The number of hydrogen-bond donors (Lipinski definition) is 0. The number of aromatic nitrogens is 3. The third kappa shape index (κ3) is 2.26. The van der Waals surface area contributed by atoms with E-state index in [4.69, 9.17) is 16.1 Å². The summed E-state index contributed by atoms with van der Waals surface area (Å²) >= 11 is 9.04. The zero-order chi connectivity index (χ0) is 13.4. The molecule has 1 aromatic carbocycles. The minimum Gasteiger partial charge on any atom is -0.364 e. The van der Waals surface area contributed by atoms with Gasteiger partial charge in [0.25, 0.3) is 0 Å². The van der Waals surface area contributed by atoms with Crippen molar-refractivity contribution in [2.24, 2.45) is 0 Å². The van der Waals surface area contributed by atoms with E-state index < -0.39 is 0 Å². The Bertz CT molecular complexity index is 726. The summed E-state index contributed by atoms with van der Waals surface area (Å²) in [5.41, 5.74) is 2.10. The highest BCUT2D eigenvalue weighted by Crippen LogP contribution is 2.25. The van der Waals surface area contributed by atoms with E-state index in [9.17, 15) is 4.39 Å². The average molecular weight is 345 g/mol. The molecule has 3 rings (SSSR count). The van der Waals surface area contributed by atoms with Crippen LogP contribution >= 0.6 is 27.5 Å². The Kier molecular flexibility index (Phi) is 3.28. The molecule has 4 nitrogen and oxygen atoms in total. The van der Waals surface area contributed by atoms with Gasteiger partial charge in [0.05, 0.1) is 27.9 Å². The zero-order valence-electron chi connectivity index (χ0n) is 9.61. The van der Waals surface area contributed by atoms with E-state index in [0.717, 1.165) is 5.69 Å². The summed E-state index contributed by atoms with van der Waals surface area (Å²) in [6.45, 7) is 0.441. The monoisotopic (exact) mass is 343 g/mol. The maximum Gasteiger partial charge on any atom is 0.139 e. The zero-order valence-corrected chi connectivity index (χ0v) is 11.9. The van der Waals surface area contributed by atoms with E-state index in [0.29, 0.717) is 27.9 Å². The van der Waals surface area contributed by atoms with E-state index in [1.54, 1.807) is 12.1 Å². The Hall–Kier alpha value is -1.40. The van der Waals surface area contributed by atoms with E-state index in [1.165, 1.54) is 12.3 Å². The normalized spacial score (nSPS) is 11.3. The number of fused-ring (bicyclic) bond motifs is 1. The van der Waals surface area contributed by atoms with Gasteiger partial charge in [0.15, 0.2) is 0 Å². The first-order chi connectivity index (χ1) is 9.19. The second-order valence-electron chi connectivity index (χ2n) is 3.99. The van der Waals surface area contributed by atoms with Crippen molar-refractivity contribution in [3.63, 3.8) is 0 Å². The van der Waals surface area contributed by atoms with Gasteiger partial charge in [-0.15, -0.1) is 11.6 Å². The highest BCUT2D eigenvalue weighted by Gasteiger charge is 2.14. The molecule has 0 N–H and O–H groups in total. The van der Waals surface area contributed by atoms with E-state index in [1.807, 2.05) is 4.57 Å². The topological polar surface area (TPSA) is 43.9 Å². The van der Waals surface area contributed by atoms with Crippen LogP contribution in [0.1, 0.15) is 11.5 Å². The van der Waals surface area contributed by atoms with Crippen LogP contribution in [0.2, 0.25) is 0 Å². The second-order valence-corrected chi connectivity index (χ2v) is 5.12. The molecule has 2 aromatic heterocycles. The molecule has 0 saturated heterocycles. The number of imidazole rings is 1. The van der Waals surface area contributed by atoms with Crippen LogP contribution in [0.3, 0.4) is 0 Å². The molecule has 0 atom stereocenters. The lowest BCUT2D eigenvalue weighted by Gasteiger charge is -2.05. The quantitative estimate of drug-likeness (QED) is 0.680. The number of nitrogens with zero attached hydrogens (tertiary/aromatic N) is 3. The molecule has 7 heteroatoms. The average Bonchev–Trinajstić information content (AvgIpc) is 3.00. The van der Waals surface area contributed by atoms with Gasteiger partial charge in [-0.25, -0.2) is 9.37 Å². The highest BCUT2D eigenvalue weighted by molar-refractivity contribution is 9.10. The predicted octanol–water partition coefficient (Wildman–Crippen LogP) is 3.71.